The maximum atomic E-state index is 12.3. The van der Waals surface area contributed by atoms with E-state index in [9.17, 15) is 9.59 Å². The molecule has 2 rings (SSSR count). The summed E-state index contributed by atoms with van der Waals surface area (Å²) in [5, 5.41) is 2.86. The zero-order valence-corrected chi connectivity index (χ0v) is 13.4. The fourth-order valence-corrected chi connectivity index (χ4v) is 3.30. The maximum absolute atomic E-state index is 12.3. The summed E-state index contributed by atoms with van der Waals surface area (Å²) in [5.41, 5.74) is 0. The lowest BCUT2D eigenvalue weighted by atomic mass is 9.88. The minimum Gasteiger partial charge on any atom is -0.365 e. The van der Waals surface area contributed by atoms with Gasteiger partial charge in [-0.3, -0.25) is 9.59 Å². The Balaban J connectivity index is 1.85. The first-order valence-electron chi connectivity index (χ1n) is 8.22. The Morgan fingerprint density at radius 1 is 1.43 bits per heavy atom. The summed E-state index contributed by atoms with van der Waals surface area (Å²) >= 11 is 0. The van der Waals surface area contributed by atoms with E-state index in [4.69, 9.17) is 4.74 Å². The van der Waals surface area contributed by atoms with Gasteiger partial charge in [0, 0.05) is 13.6 Å². The Bertz CT molecular complexity index is 386. The summed E-state index contributed by atoms with van der Waals surface area (Å²) in [5.74, 6) is 0.545. The minimum atomic E-state index is -0.431. The predicted octanol–water partition coefficient (Wildman–Crippen LogP) is 1.71. The topological polar surface area (TPSA) is 58.6 Å². The molecule has 0 aromatic heterocycles. The third kappa shape index (κ3) is 4.19. The Kier molecular flexibility index (Phi) is 5.62. The van der Waals surface area contributed by atoms with E-state index in [2.05, 4.69) is 12.2 Å². The van der Waals surface area contributed by atoms with Crippen LogP contribution in [-0.4, -0.2) is 48.6 Å². The molecule has 1 N–H and O–H groups in total. The fraction of sp³-hybridized carbons (Fsp3) is 0.875. The zero-order valence-electron chi connectivity index (χ0n) is 13.4. The summed E-state index contributed by atoms with van der Waals surface area (Å²) in [6, 6.07) is -0.370. The van der Waals surface area contributed by atoms with Crippen LogP contribution in [0.3, 0.4) is 0 Å². The molecule has 0 bridgehead atoms. The van der Waals surface area contributed by atoms with Crippen molar-refractivity contribution < 1.29 is 14.3 Å². The van der Waals surface area contributed by atoms with E-state index < -0.39 is 6.10 Å². The van der Waals surface area contributed by atoms with Gasteiger partial charge >= 0.3 is 0 Å². The van der Waals surface area contributed by atoms with E-state index in [1.165, 1.54) is 12.8 Å². The van der Waals surface area contributed by atoms with Crippen molar-refractivity contribution in [1.29, 1.82) is 0 Å². The molecule has 2 amide bonds. The molecule has 0 radical (unpaired) electrons. The molecule has 0 aromatic carbocycles. The van der Waals surface area contributed by atoms with Gasteiger partial charge in [-0.05, 0) is 31.6 Å². The van der Waals surface area contributed by atoms with Crippen LogP contribution >= 0.6 is 0 Å². The van der Waals surface area contributed by atoms with Gasteiger partial charge in [-0.25, -0.2) is 0 Å². The van der Waals surface area contributed by atoms with Crippen LogP contribution in [0.2, 0.25) is 0 Å². The molecule has 2 fully saturated rings. The highest BCUT2D eigenvalue weighted by Gasteiger charge is 2.33. The molecule has 0 spiro atoms. The number of nitrogens with zero attached hydrogens (tertiary/aromatic N) is 1. The Hall–Kier alpha value is -1.10. The van der Waals surface area contributed by atoms with Crippen molar-refractivity contribution in [3.63, 3.8) is 0 Å². The molecule has 5 nitrogen and oxygen atoms in total. The second-order valence-corrected chi connectivity index (χ2v) is 6.54. The molecule has 1 heterocycles. The summed E-state index contributed by atoms with van der Waals surface area (Å²) < 4.78 is 6.01. The minimum absolute atomic E-state index is 0.00416. The van der Waals surface area contributed by atoms with Crippen LogP contribution in [0.15, 0.2) is 0 Å². The lowest BCUT2D eigenvalue weighted by molar-refractivity contribution is -0.142. The van der Waals surface area contributed by atoms with Crippen molar-refractivity contribution in [3.05, 3.63) is 0 Å². The van der Waals surface area contributed by atoms with Gasteiger partial charge in [0.25, 0.3) is 0 Å². The van der Waals surface area contributed by atoms with E-state index in [-0.39, 0.29) is 24.0 Å². The smallest absolute Gasteiger partial charge is 0.249 e. The molecular formula is C16H28N2O3. The highest BCUT2D eigenvalue weighted by atomic mass is 16.5. The predicted molar refractivity (Wildman–Crippen MR) is 80.8 cm³/mol. The summed E-state index contributed by atoms with van der Waals surface area (Å²) in [6.07, 6.45) is 5.60. The van der Waals surface area contributed by atoms with E-state index in [1.54, 1.807) is 11.9 Å². The van der Waals surface area contributed by atoms with Gasteiger partial charge in [0.15, 0.2) is 0 Å². The van der Waals surface area contributed by atoms with Gasteiger partial charge in [-0.1, -0.05) is 26.7 Å². The monoisotopic (exact) mass is 296 g/mol. The lowest BCUT2D eigenvalue weighted by Crippen LogP contribution is -2.46. The quantitative estimate of drug-likeness (QED) is 0.840. The molecule has 120 valence electrons. The maximum Gasteiger partial charge on any atom is 0.249 e. The highest BCUT2D eigenvalue weighted by Crippen LogP contribution is 2.27. The van der Waals surface area contributed by atoms with Gasteiger partial charge in [-0.15, -0.1) is 0 Å². The van der Waals surface area contributed by atoms with Gasteiger partial charge < -0.3 is 15.0 Å². The third-order valence-electron chi connectivity index (χ3n) is 4.65. The highest BCUT2D eigenvalue weighted by molar-refractivity contribution is 5.90. The molecule has 1 aliphatic carbocycles. The van der Waals surface area contributed by atoms with Crippen LogP contribution in [0.4, 0.5) is 0 Å². The van der Waals surface area contributed by atoms with Crippen LogP contribution in [0, 0.1) is 5.92 Å². The zero-order chi connectivity index (χ0) is 15.4. The van der Waals surface area contributed by atoms with Crippen molar-refractivity contribution in [2.24, 2.45) is 5.92 Å². The number of amides is 2. The second kappa shape index (κ2) is 7.25. The molecule has 4 unspecified atom stereocenters. The summed E-state index contributed by atoms with van der Waals surface area (Å²) in [7, 11) is 1.77. The third-order valence-corrected chi connectivity index (χ3v) is 4.65. The first-order chi connectivity index (χ1) is 10.0. The number of hydrogen-bond donors (Lipinski definition) is 1. The SMILES string of the molecule is CCC(OC1CCCC(C)C1)C(=O)NC1CCN(C)C1=O. The number of likely N-dealkylation sites (N-methyl/N-ethyl adjacent to an activating group) is 1. The van der Waals surface area contributed by atoms with Crippen LogP contribution < -0.4 is 5.32 Å². The number of carbonyl (C=O) groups is 2. The van der Waals surface area contributed by atoms with Gasteiger partial charge in [-0.2, -0.15) is 0 Å². The number of rotatable bonds is 5. The molecule has 2 aliphatic rings. The number of nitrogens with one attached hydrogen (secondary N) is 1. The van der Waals surface area contributed by atoms with Crippen LogP contribution in [0.1, 0.15) is 52.4 Å². The molecular weight excluding hydrogens is 268 g/mol. The molecule has 5 heteroatoms. The van der Waals surface area contributed by atoms with E-state index in [1.807, 2.05) is 6.92 Å². The van der Waals surface area contributed by atoms with Gasteiger partial charge in [0.2, 0.25) is 11.8 Å². The van der Waals surface area contributed by atoms with Crippen molar-refractivity contribution >= 4 is 11.8 Å². The van der Waals surface area contributed by atoms with Crippen LogP contribution in [-0.2, 0) is 14.3 Å². The van der Waals surface area contributed by atoms with Crippen LogP contribution in [0.5, 0.6) is 0 Å². The van der Waals surface area contributed by atoms with Crippen molar-refractivity contribution in [2.45, 2.75) is 70.6 Å². The number of hydrogen-bond acceptors (Lipinski definition) is 3. The first-order valence-corrected chi connectivity index (χ1v) is 8.22. The molecule has 1 aliphatic heterocycles. The molecule has 1 saturated heterocycles. The fourth-order valence-electron chi connectivity index (χ4n) is 3.30. The standard InChI is InChI=1S/C16H28N2O3/c1-4-14(21-12-7-5-6-11(2)10-12)15(19)17-13-8-9-18(3)16(13)20/h11-14H,4-10H2,1-3H3,(H,17,19). The summed E-state index contributed by atoms with van der Waals surface area (Å²) in [6.45, 7) is 4.91. The second-order valence-electron chi connectivity index (χ2n) is 6.54. The normalized spacial score (nSPS) is 31.3. The molecule has 21 heavy (non-hydrogen) atoms. The Labute approximate surface area is 127 Å². The Morgan fingerprint density at radius 3 is 2.76 bits per heavy atom. The average Bonchev–Trinajstić information content (AvgIpc) is 2.76. The van der Waals surface area contributed by atoms with Gasteiger partial charge in [0.05, 0.1) is 6.10 Å². The van der Waals surface area contributed by atoms with Crippen molar-refractivity contribution in [3.8, 4) is 0 Å². The van der Waals surface area contributed by atoms with E-state index in [0.717, 1.165) is 12.8 Å². The largest absolute Gasteiger partial charge is 0.365 e. The van der Waals surface area contributed by atoms with Crippen molar-refractivity contribution in [1.82, 2.24) is 10.2 Å². The van der Waals surface area contributed by atoms with E-state index in [0.29, 0.717) is 25.3 Å². The number of ether oxygens (including phenoxy) is 1. The van der Waals surface area contributed by atoms with Gasteiger partial charge in [0.1, 0.15) is 12.1 Å². The van der Waals surface area contributed by atoms with Crippen LogP contribution in [0.25, 0.3) is 0 Å². The Morgan fingerprint density at radius 2 is 2.19 bits per heavy atom. The summed E-state index contributed by atoms with van der Waals surface area (Å²) in [4.78, 5) is 25.8. The first kappa shape index (κ1) is 16.3. The molecule has 0 aromatic rings. The van der Waals surface area contributed by atoms with E-state index >= 15 is 0 Å². The average molecular weight is 296 g/mol. The molecule has 1 saturated carbocycles. The molecule has 4 atom stereocenters. The number of likely N-dealkylation sites (tertiary alicyclic amines) is 1. The van der Waals surface area contributed by atoms with Crippen molar-refractivity contribution in [2.75, 3.05) is 13.6 Å². The number of carbonyl (C=O) groups excluding carboxylic acids is 2. The lowest BCUT2D eigenvalue weighted by Gasteiger charge is -2.30.